The second-order valence-corrected chi connectivity index (χ2v) is 11.7. The van der Waals surface area contributed by atoms with E-state index in [9.17, 15) is 14.7 Å². The van der Waals surface area contributed by atoms with Gasteiger partial charge in [-0.3, -0.25) is 4.79 Å². The number of hydrogen-bond acceptors (Lipinski definition) is 5. The van der Waals surface area contributed by atoms with Gasteiger partial charge < -0.3 is 14.7 Å². The van der Waals surface area contributed by atoms with Gasteiger partial charge in [-0.2, -0.15) is 0 Å². The summed E-state index contributed by atoms with van der Waals surface area (Å²) in [5.41, 5.74) is 1.45. The molecule has 196 valence electrons. The average molecular weight is 561 g/mol. The van der Waals surface area contributed by atoms with Crippen molar-refractivity contribution in [2.75, 3.05) is 6.54 Å². The Hall–Kier alpha value is -2.51. The molecular formula is C29H31Cl2NO4S. The number of aliphatic hydroxyl groups is 1. The van der Waals surface area contributed by atoms with E-state index in [1.54, 1.807) is 35.2 Å². The number of aliphatic hydroxyl groups excluding tert-OH is 1. The highest BCUT2D eigenvalue weighted by Crippen LogP contribution is 2.33. The summed E-state index contributed by atoms with van der Waals surface area (Å²) in [6.07, 6.45) is -0.0831. The molecule has 3 aromatic carbocycles. The molecule has 0 saturated carbocycles. The Labute approximate surface area is 232 Å². The van der Waals surface area contributed by atoms with E-state index in [-0.39, 0.29) is 12.6 Å². The standard InChI is InChI=1S/C29H31Cl2NO4S/c1-19(15-20-11-13-23(14-12-20)37-27-10-6-9-25(31)24(27)18-33)32(28(35)36-29(2,3)4)17-26(34)21-7-5-8-22(30)16-21/h5-14,16,18-19,26,34H,15,17H2,1-4H3/t19-,26+/m1/s1. The number of carbonyl (C=O) groups is 2. The number of carbonyl (C=O) groups excluding carboxylic acids is 2. The van der Waals surface area contributed by atoms with Crippen LogP contribution in [0.5, 0.6) is 0 Å². The Morgan fingerprint density at radius 3 is 2.38 bits per heavy atom. The zero-order valence-corrected chi connectivity index (χ0v) is 23.6. The molecule has 0 aliphatic rings. The van der Waals surface area contributed by atoms with Gasteiger partial charge in [0.1, 0.15) is 5.60 Å². The number of amides is 1. The van der Waals surface area contributed by atoms with Crippen LogP contribution in [0.2, 0.25) is 10.0 Å². The summed E-state index contributed by atoms with van der Waals surface area (Å²) in [7, 11) is 0. The summed E-state index contributed by atoms with van der Waals surface area (Å²) < 4.78 is 5.64. The molecule has 0 bridgehead atoms. The van der Waals surface area contributed by atoms with E-state index in [4.69, 9.17) is 27.9 Å². The van der Waals surface area contributed by atoms with Gasteiger partial charge in [0.2, 0.25) is 0 Å². The molecule has 0 aromatic heterocycles. The Kier molecular flexibility index (Phi) is 10.1. The minimum absolute atomic E-state index is 0.0631. The van der Waals surface area contributed by atoms with Gasteiger partial charge in [0.15, 0.2) is 6.29 Å². The maximum atomic E-state index is 13.1. The van der Waals surface area contributed by atoms with Gasteiger partial charge in [-0.1, -0.05) is 65.3 Å². The van der Waals surface area contributed by atoms with E-state index < -0.39 is 17.8 Å². The van der Waals surface area contributed by atoms with Crippen LogP contribution in [-0.4, -0.2) is 40.6 Å². The summed E-state index contributed by atoms with van der Waals surface area (Å²) in [4.78, 5) is 27.8. The summed E-state index contributed by atoms with van der Waals surface area (Å²) in [5, 5.41) is 11.8. The lowest BCUT2D eigenvalue weighted by Crippen LogP contribution is -2.45. The molecule has 8 heteroatoms. The molecule has 0 heterocycles. The molecular weight excluding hydrogens is 529 g/mol. The molecule has 2 atom stereocenters. The normalized spacial score (nSPS) is 13.1. The van der Waals surface area contributed by atoms with E-state index in [2.05, 4.69) is 0 Å². The third-order valence-corrected chi connectivity index (χ3v) is 7.22. The van der Waals surface area contributed by atoms with E-state index in [0.29, 0.717) is 27.6 Å². The number of rotatable bonds is 9. The van der Waals surface area contributed by atoms with Crippen molar-refractivity contribution in [3.63, 3.8) is 0 Å². The highest BCUT2D eigenvalue weighted by molar-refractivity contribution is 7.99. The zero-order valence-electron chi connectivity index (χ0n) is 21.3. The maximum Gasteiger partial charge on any atom is 0.410 e. The molecule has 3 rings (SSSR count). The quantitative estimate of drug-likeness (QED) is 0.270. The molecule has 0 saturated heterocycles. The predicted octanol–water partition coefficient (Wildman–Crippen LogP) is 7.86. The molecule has 3 aromatic rings. The van der Waals surface area contributed by atoms with E-state index >= 15 is 0 Å². The summed E-state index contributed by atoms with van der Waals surface area (Å²) >= 11 is 13.7. The van der Waals surface area contributed by atoms with E-state index in [1.165, 1.54) is 11.8 Å². The third kappa shape index (κ3) is 8.50. The molecule has 5 nitrogen and oxygen atoms in total. The van der Waals surface area contributed by atoms with Crippen molar-refractivity contribution in [2.45, 2.75) is 61.7 Å². The minimum atomic E-state index is -0.919. The Morgan fingerprint density at radius 2 is 1.76 bits per heavy atom. The fourth-order valence-electron chi connectivity index (χ4n) is 3.75. The van der Waals surface area contributed by atoms with Crippen LogP contribution in [0.4, 0.5) is 4.79 Å². The lowest BCUT2D eigenvalue weighted by Gasteiger charge is -2.33. The van der Waals surface area contributed by atoms with Crippen LogP contribution >= 0.6 is 35.0 Å². The smallest absolute Gasteiger partial charge is 0.410 e. The first kappa shape index (κ1) is 29.1. The summed E-state index contributed by atoms with van der Waals surface area (Å²) in [6, 6.07) is 20.0. The largest absolute Gasteiger partial charge is 0.444 e. The highest BCUT2D eigenvalue weighted by atomic mass is 35.5. The summed E-state index contributed by atoms with van der Waals surface area (Å²) in [5.74, 6) is 0. The number of aldehydes is 1. The van der Waals surface area contributed by atoms with Gasteiger partial charge in [-0.25, -0.2) is 4.79 Å². The van der Waals surface area contributed by atoms with Crippen molar-refractivity contribution in [3.05, 3.63) is 93.5 Å². The zero-order chi connectivity index (χ0) is 27.2. The van der Waals surface area contributed by atoms with Crippen LogP contribution in [-0.2, 0) is 11.2 Å². The van der Waals surface area contributed by atoms with Gasteiger partial charge in [0, 0.05) is 26.4 Å². The Balaban J connectivity index is 1.75. The minimum Gasteiger partial charge on any atom is -0.444 e. The van der Waals surface area contributed by atoms with Crippen molar-refractivity contribution < 1.29 is 19.4 Å². The van der Waals surface area contributed by atoms with Crippen molar-refractivity contribution in [1.29, 1.82) is 0 Å². The molecule has 1 amide bonds. The van der Waals surface area contributed by atoms with Crippen LogP contribution in [0.1, 0.15) is 55.3 Å². The Morgan fingerprint density at radius 1 is 1.08 bits per heavy atom. The molecule has 0 aliphatic heterocycles. The topological polar surface area (TPSA) is 66.8 Å². The van der Waals surface area contributed by atoms with Crippen molar-refractivity contribution in [2.24, 2.45) is 0 Å². The first-order chi connectivity index (χ1) is 17.5. The van der Waals surface area contributed by atoms with Crippen LogP contribution in [0.3, 0.4) is 0 Å². The molecule has 1 N–H and O–H groups in total. The second kappa shape index (κ2) is 12.8. The van der Waals surface area contributed by atoms with Gasteiger partial charge in [-0.05, 0) is 81.6 Å². The predicted molar refractivity (Wildman–Crippen MR) is 150 cm³/mol. The SMILES string of the molecule is C[C@H](Cc1ccc(Sc2cccc(Cl)c2C=O)cc1)N(C[C@H](O)c1cccc(Cl)c1)C(=O)OC(C)(C)C. The fraction of sp³-hybridized carbons (Fsp3) is 0.310. The van der Waals surface area contributed by atoms with Crippen LogP contribution in [0.25, 0.3) is 0 Å². The van der Waals surface area contributed by atoms with Crippen LogP contribution in [0.15, 0.2) is 76.5 Å². The van der Waals surface area contributed by atoms with E-state index in [0.717, 1.165) is 21.6 Å². The van der Waals surface area contributed by atoms with Gasteiger partial charge in [0.25, 0.3) is 0 Å². The summed E-state index contributed by atoms with van der Waals surface area (Å²) in [6.45, 7) is 7.43. The lowest BCUT2D eigenvalue weighted by molar-refractivity contribution is 0.00547. The van der Waals surface area contributed by atoms with Gasteiger partial charge in [0.05, 0.1) is 17.7 Å². The number of ether oxygens (including phenoxy) is 1. The molecule has 37 heavy (non-hydrogen) atoms. The average Bonchev–Trinajstić information content (AvgIpc) is 2.82. The first-order valence-corrected chi connectivity index (χ1v) is 13.5. The molecule has 0 aliphatic carbocycles. The number of benzene rings is 3. The van der Waals surface area contributed by atoms with E-state index in [1.807, 2.05) is 64.1 Å². The number of nitrogens with zero attached hydrogens (tertiary/aromatic N) is 1. The fourth-order valence-corrected chi connectivity index (χ4v) is 5.17. The van der Waals surface area contributed by atoms with Gasteiger partial charge >= 0.3 is 6.09 Å². The van der Waals surface area contributed by atoms with Gasteiger partial charge in [-0.15, -0.1) is 0 Å². The van der Waals surface area contributed by atoms with Crippen molar-refractivity contribution >= 4 is 47.3 Å². The molecule has 0 radical (unpaired) electrons. The second-order valence-electron chi connectivity index (χ2n) is 9.77. The van der Waals surface area contributed by atoms with Crippen molar-refractivity contribution in [3.8, 4) is 0 Å². The highest BCUT2D eigenvalue weighted by Gasteiger charge is 2.28. The third-order valence-electron chi connectivity index (χ3n) is 5.58. The van der Waals surface area contributed by atoms with Crippen LogP contribution < -0.4 is 0 Å². The lowest BCUT2D eigenvalue weighted by atomic mass is 10.0. The number of hydrogen-bond donors (Lipinski definition) is 1. The first-order valence-electron chi connectivity index (χ1n) is 11.9. The molecule has 0 unspecified atom stereocenters. The number of halogens is 2. The maximum absolute atomic E-state index is 13.1. The molecule has 0 spiro atoms. The Bertz CT molecular complexity index is 1230. The monoisotopic (exact) mass is 559 g/mol. The van der Waals surface area contributed by atoms with Crippen LogP contribution in [0, 0.1) is 0 Å². The molecule has 0 fully saturated rings. The van der Waals surface area contributed by atoms with Crippen molar-refractivity contribution in [1.82, 2.24) is 4.90 Å².